The molecule has 0 spiro atoms. The summed E-state index contributed by atoms with van der Waals surface area (Å²) in [5.74, 6) is 0. The third kappa shape index (κ3) is 84.0. The molecule has 0 saturated heterocycles. The van der Waals surface area contributed by atoms with Crippen LogP contribution >= 0.6 is 1570 Å². The van der Waals surface area contributed by atoms with Crippen molar-refractivity contribution in [2.75, 3.05) is 0 Å². The molecule has 0 amide bonds. The standard InChI is InChI=1S/I119/c1-61-63(4)65(6)67(8)69(10)71(12)73(14)75(16)77(18)79(20)81(22)83(24)85(26)87(28)89(30)91(32)93(34)95(36)97(38)99(40)101(42)103(44)105(46)107(48)109(50)111(52)113(54)115(56)117(58)119(60)118(59)116(57)114(55)112(53)110(51)108(49)106(47)104(45)102(43)100(41)98(39)96(37)94(35)92(33)90(31)88(29)86(27)84(25)82(23)80(21)78(19)76(17)74(15)72(13)70(11)68(9)66(7)64(5)62(2)3/q-1. The van der Waals surface area contributed by atoms with Crippen LogP contribution < -0.4 is 13.3 Å². The third-order valence-corrected chi connectivity index (χ3v) is 9510. The molecular formula is I119-. The second kappa shape index (κ2) is 124. The first-order chi connectivity index (χ1) is 54.2. The van der Waals surface area contributed by atoms with Crippen molar-refractivity contribution in [1.29, 1.82) is 0 Å². The summed E-state index contributed by atoms with van der Waals surface area (Å²) in [5, 5.41) is 0. The van der Waals surface area contributed by atoms with Gasteiger partial charge in [-0.3, -0.25) is 0 Å². The monoisotopic (exact) mass is 15100 g/mol. The predicted octanol–water partition coefficient (Wildman–Crippen LogP) is 102. The Morgan fingerprint density at radius 2 is 0.126 bits per heavy atom. The van der Waals surface area contributed by atoms with E-state index in [1.54, 1.807) is 0 Å². The molecule has 0 rings (SSSR count). The fraction of sp³-hybridized carbons (Fsp3) is 0. The average Bonchev–Trinajstić information content (AvgIpc) is 0.811. The van der Waals surface area contributed by atoms with Gasteiger partial charge in [0.25, 0.3) is 0 Å². The summed E-state index contributed by atoms with van der Waals surface area (Å²) in [6.45, 7) is 0. The molecule has 0 fully saturated rings. The van der Waals surface area contributed by atoms with Gasteiger partial charge >= 0.3 is 1590 Å². The van der Waals surface area contributed by atoms with Crippen LogP contribution in [0.1, 0.15) is 0 Å². The van der Waals surface area contributed by atoms with Crippen molar-refractivity contribution >= 4 is 1570 Å². The SMILES string of the molecule is I[I-]I(I)I(I)I(I)I(I)I(I)I(I)I(I)I(I)I(I)I(I)I(I)I(I)I(I)I(I)I(I)I(I)I(I)I(I)I(I)I(I)I(I)I(I)I(I)I(I)I(I)I(I)I(I)I(I)I(I)I(I)I(I)I(I)I(I)I(I)I(I)I(I)I(I)I(I)I(I)I(I)I(I)I(I)I(I)I(I)I(I)I(I)I(I)I(I)I(I)I(I)I(I)I(I)I(I)I(I)I(I)I(I)I(I)I(I)I. The molecule has 0 saturated carbocycles. The molecular weight excluding hydrogens is 15100 g/mol. The van der Waals surface area contributed by atoms with Gasteiger partial charge in [-0.15, -0.1) is 0 Å². The molecule has 0 aliphatic carbocycles. The van der Waals surface area contributed by atoms with Crippen molar-refractivity contribution in [3.8, 4) is 0 Å². The van der Waals surface area contributed by atoms with Crippen molar-refractivity contribution in [2.24, 2.45) is 0 Å². The molecule has 0 aromatic rings. The van der Waals surface area contributed by atoms with Crippen molar-refractivity contribution in [3.63, 3.8) is 0 Å². The van der Waals surface area contributed by atoms with E-state index in [0.717, 1.165) is 0 Å². The summed E-state index contributed by atoms with van der Waals surface area (Å²) in [7, 11) is -36.3. The average molecular weight is 15100 g/mol. The summed E-state index contributed by atoms with van der Waals surface area (Å²) in [5.41, 5.74) is 0. The van der Waals surface area contributed by atoms with E-state index in [4.69, 9.17) is 0 Å². The van der Waals surface area contributed by atoms with Gasteiger partial charge in [-0.1, -0.05) is 0 Å². The molecule has 0 nitrogen and oxygen atoms in total. The summed E-state index contributed by atoms with van der Waals surface area (Å²) in [6, 6.07) is 0. The molecule has 0 aliphatic heterocycles. The van der Waals surface area contributed by atoms with Gasteiger partial charge in [-0.2, -0.15) is 0 Å². The first-order valence-electron chi connectivity index (χ1n) is 16.9. The van der Waals surface area contributed by atoms with Crippen molar-refractivity contribution in [2.45, 2.75) is 0 Å². The normalized spacial score (nSPS) is 19.2. The van der Waals surface area contributed by atoms with E-state index in [-0.39, 0.29) is 0 Å². The Hall–Kier alpha value is 86.9. The van der Waals surface area contributed by atoms with Gasteiger partial charge in [-0.25, -0.2) is 0 Å². The van der Waals surface area contributed by atoms with E-state index in [1.165, 1.54) is 0 Å². The Bertz CT molecular complexity index is 2510. The molecule has 0 aliphatic rings. The van der Waals surface area contributed by atoms with Crippen LogP contribution in [0.4, 0.5) is 0 Å². The Labute approximate surface area is 1490 Å². The van der Waals surface area contributed by atoms with Gasteiger partial charge in [0.05, 0.1) is 0 Å². The zero-order chi connectivity index (χ0) is 94.2. The molecule has 0 aromatic heterocycles. The minimum atomic E-state index is -0.675. The molecule has 119 heavy (non-hydrogen) atoms. The molecule has 119 heteroatoms. The van der Waals surface area contributed by atoms with Gasteiger partial charge in [0.15, 0.2) is 0 Å². The summed E-state index contributed by atoms with van der Waals surface area (Å²) < 4.78 is 0. The van der Waals surface area contributed by atoms with Gasteiger partial charge < -0.3 is 0 Å². The molecule has 0 atom stereocenters. The summed E-state index contributed by atoms with van der Waals surface area (Å²) in [4.78, 5) is 0. The van der Waals surface area contributed by atoms with Crippen LogP contribution in [0.5, 0.6) is 0 Å². The van der Waals surface area contributed by atoms with E-state index in [1.807, 2.05) is 0 Å². The second-order valence-electron chi connectivity index (χ2n) is 9.45. The Morgan fingerprint density at radius 3 is 0.176 bits per heavy atom. The van der Waals surface area contributed by atoms with Crippen LogP contribution in [0.3, 0.4) is 0 Å². The van der Waals surface area contributed by atoms with Crippen LogP contribution in [0, 0.1) is 0 Å². The van der Waals surface area contributed by atoms with Crippen LogP contribution in [-0.2, 0) is 0 Å². The topological polar surface area (TPSA) is 0 Å². The van der Waals surface area contributed by atoms with Crippen LogP contribution in [0.2, 0.25) is 0 Å². The molecule has 0 radical (unpaired) electrons. The quantitative estimate of drug-likeness (QED) is 0.0533. The first kappa shape index (κ1) is 206. The number of hydrogen-bond donors (Lipinski definition) is 0. The molecule has 834 valence electrons. The Morgan fingerprint density at radius 1 is 0.0756 bits per heavy atom. The first-order valence-corrected chi connectivity index (χ1v) is 759. The van der Waals surface area contributed by atoms with Crippen LogP contribution in [0.25, 0.3) is 0 Å². The van der Waals surface area contributed by atoms with Crippen molar-refractivity contribution in [3.05, 3.63) is 0 Å². The number of halogens is 119. The third-order valence-electron chi connectivity index (χ3n) is 4.69. The molecule has 0 N–H and O–H groups in total. The summed E-state index contributed by atoms with van der Waals surface area (Å²) >= 11 is 206. The number of rotatable bonds is 58. The van der Waals surface area contributed by atoms with Crippen molar-refractivity contribution in [1.82, 2.24) is 0 Å². The van der Waals surface area contributed by atoms with Crippen molar-refractivity contribution < 1.29 is 13.3 Å². The van der Waals surface area contributed by atoms with E-state index in [0.29, 0.717) is 13.3 Å². The molecule has 0 heterocycles. The fourth-order valence-corrected chi connectivity index (χ4v) is 23700. The van der Waals surface area contributed by atoms with Gasteiger partial charge in [0.1, 0.15) is 0 Å². The van der Waals surface area contributed by atoms with E-state index >= 15 is 0 Å². The van der Waals surface area contributed by atoms with Gasteiger partial charge in [0, 0.05) is 0 Å². The molecule has 0 bridgehead atoms. The number of hydrogen-bond acceptors (Lipinski definition) is 0. The minimum absolute atomic E-state index is 0.427. The van der Waals surface area contributed by atoms with Gasteiger partial charge in [0.2, 0.25) is 0 Å². The maximum atomic E-state index is 3.50. The second-order valence-corrected chi connectivity index (χ2v) is 2850. The maximum absolute atomic E-state index is 3.50. The summed E-state index contributed by atoms with van der Waals surface area (Å²) in [6.07, 6.45) is 0. The molecule has 0 aromatic carbocycles. The van der Waals surface area contributed by atoms with Crippen LogP contribution in [0.15, 0.2) is 0 Å². The Kier molecular flexibility index (Phi) is 215. The van der Waals surface area contributed by atoms with Gasteiger partial charge in [-0.05, 0) is 0 Å². The predicted molar refractivity (Wildman–Crippen MR) is 1650 cm³/mol. The van der Waals surface area contributed by atoms with E-state index in [9.17, 15) is 0 Å². The Balaban J connectivity index is 5.96. The fourth-order valence-electron chi connectivity index (χ4n) is 1.74. The van der Waals surface area contributed by atoms with Crippen LogP contribution in [-0.4, -0.2) is 0 Å². The zero-order valence-electron chi connectivity index (χ0n) is 45.0. The van der Waals surface area contributed by atoms with E-state index in [2.05, 4.69) is 1120 Å². The zero-order valence-corrected chi connectivity index (χ0v) is 302. The van der Waals surface area contributed by atoms with E-state index < -0.39 is 458 Å². The molecule has 0 unspecified atom stereocenters.